The van der Waals surface area contributed by atoms with Gasteiger partial charge in [0.1, 0.15) is 0 Å². The molecule has 1 saturated carbocycles. The number of aliphatic hydroxyl groups is 1. The number of carbonyl (C=O) groups excluding carboxylic acids is 1. The molecule has 0 spiro atoms. The minimum atomic E-state index is -0.833. The van der Waals surface area contributed by atoms with Crippen LogP contribution in [0.3, 0.4) is 0 Å². The maximum atomic E-state index is 12.6. The minimum absolute atomic E-state index is 0.0247. The van der Waals surface area contributed by atoms with Crippen molar-refractivity contribution in [1.29, 1.82) is 0 Å². The van der Waals surface area contributed by atoms with Crippen LogP contribution in [0.1, 0.15) is 33.1 Å². The quantitative estimate of drug-likeness (QED) is 0.527. The number of aliphatic hydroxyl groups excluding tert-OH is 1. The molecule has 3 rings (SSSR count). The summed E-state index contributed by atoms with van der Waals surface area (Å²) < 4.78 is 0. The molecule has 1 amide bonds. The third-order valence-electron chi connectivity index (χ3n) is 4.81. The molecule has 1 aliphatic carbocycles. The summed E-state index contributed by atoms with van der Waals surface area (Å²) in [6, 6.07) is 3.72. The highest BCUT2D eigenvalue weighted by atomic mass is 16.4. The van der Waals surface area contributed by atoms with E-state index >= 15 is 0 Å². The van der Waals surface area contributed by atoms with Gasteiger partial charge in [-0.15, -0.1) is 0 Å². The van der Waals surface area contributed by atoms with Crippen LogP contribution in [0.25, 0.3) is 0 Å². The van der Waals surface area contributed by atoms with Gasteiger partial charge in [0.2, 0.25) is 5.91 Å². The Morgan fingerprint density at radius 3 is 2.10 bits per heavy atom. The highest BCUT2D eigenvalue weighted by molar-refractivity contribution is 5.79. The molecule has 1 aliphatic heterocycles. The first-order valence-electron chi connectivity index (χ1n) is 9.88. The molecule has 10 heteroatoms. The van der Waals surface area contributed by atoms with E-state index in [4.69, 9.17) is 25.5 Å². The summed E-state index contributed by atoms with van der Waals surface area (Å²) in [5, 5.41) is 24.5. The Kier molecular flexibility index (Phi) is 10.8. The van der Waals surface area contributed by atoms with Crippen LogP contribution in [-0.4, -0.2) is 81.4 Å². The van der Waals surface area contributed by atoms with Crippen molar-refractivity contribution < 1.29 is 29.7 Å². The number of pyridine rings is 1. The second-order valence-corrected chi connectivity index (χ2v) is 7.30. The monoisotopic (exact) mass is 424 g/mol. The van der Waals surface area contributed by atoms with E-state index < -0.39 is 18.0 Å². The van der Waals surface area contributed by atoms with E-state index in [1.54, 1.807) is 6.20 Å². The molecule has 30 heavy (non-hydrogen) atoms. The summed E-state index contributed by atoms with van der Waals surface area (Å²) in [7, 11) is 0. The summed E-state index contributed by atoms with van der Waals surface area (Å²) in [6.45, 7) is 5.31. The Balaban J connectivity index is 0.000000485. The van der Waals surface area contributed by atoms with E-state index in [0.717, 1.165) is 52.1 Å². The molecule has 0 bridgehead atoms. The highest BCUT2D eigenvalue weighted by Gasteiger charge is 2.34. The molecule has 0 aromatic carbocycles. The largest absolute Gasteiger partial charge is 0.481 e. The number of aromatic nitrogens is 1. The number of piperazine rings is 1. The highest BCUT2D eigenvalue weighted by Crippen LogP contribution is 2.26. The summed E-state index contributed by atoms with van der Waals surface area (Å²) in [4.78, 5) is 39.0. The van der Waals surface area contributed by atoms with Crippen LogP contribution in [0, 0.1) is 5.92 Å². The standard InChI is InChI=1S/C16H24N4O2.2C2H4O2/c17-14-10-12(3-4-15(14)21)16(22)20-8-6-19(7-9-20)13-2-1-5-18-11-13;2*1-2(3)4/h1-2,5,11-12,14-15,21H,3-4,6-10,17H2;2*1H3,(H,3,4)/t12-,14+,15+;;/m0../s1. The van der Waals surface area contributed by atoms with Crippen molar-refractivity contribution in [3.63, 3.8) is 0 Å². The van der Waals surface area contributed by atoms with Crippen molar-refractivity contribution in [1.82, 2.24) is 9.88 Å². The molecule has 1 saturated heterocycles. The topological polar surface area (TPSA) is 157 Å². The van der Waals surface area contributed by atoms with Crippen LogP contribution in [0.5, 0.6) is 0 Å². The van der Waals surface area contributed by atoms with Crippen LogP contribution >= 0.6 is 0 Å². The first-order valence-corrected chi connectivity index (χ1v) is 9.88. The van der Waals surface area contributed by atoms with E-state index in [0.29, 0.717) is 12.8 Å². The first kappa shape index (κ1) is 25.3. The first-order chi connectivity index (χ1) is 14.1. The zero-order valence-electron chi connectivity index (χ0n) is 17.5. The number of carboxylic acids is 2. The van der Waals surface area contributed by atoms with Gasteiger partial charge in [0.05, 0.1) is 18.0 Å². The fourth-order valence-electron chi connectivity index (χ4n) is 3.40. The molecule has 2 aliphatic rings. The van der Waals surface area contributed by atoms with Gasteiger partial charge in [-0.3, -0.25) is 19.4 Å². The molecule has 5 N–H and O–H groups in total. The lowest BCUT2D eigenvalue weighted by Crippen LogP contribution is -2.52. The van der Waals surface area contributed by atoms with Crippen LogP contribution in [-0.2, 0) is 14.4 Å². The number of hydrogen-bond donors (Lipinski definition) is 4. The number of amides is 1. The predicted molar refractivity (Wildman–Crippen MR) is 111 cm³/mol. The van der Waals surface area contributed by atoms with E-state index in [1.165, 1.54) is 0 Å². The van der Waals surface area contributed by atoms with Crippen molar-refractivity contribution in [3.8, 4) is 0 Å². The third-order valence-corrected chi connectivity index (χ3v) is 4.81. The van der Waals surface area contributed by atoms with E-state index in [9.17, 15) is 9.90 Å². The van der Waals surface area contributed by atoms with Crippen LogP contribution in [0.15, 0.2) is 24.5 Å². The average Bonchev–Trinajstić information content (AvgIpc) is 2.69. The lowest BCUT2D eigenvalue weighted by molar-refractivity contribution is -0.138. The average molecular weight is 424 g/mol. The molecule has 10 nitrogen and oxygen atoms in total. The minimum Gasteiger partial charge on any atom is -0.481 e. The Bertz CT molecular complexity index is 659. The van der Waals surface area contributed by atoms with Crippen molar-refractivity contribution in [2.45, 2.75) is 45.3 Å². The second kappa shape index (κ2) is 12.8. The number of aliphatic carboxylic acids is 2. The van der Waals surface area contributed by atoms with Gasteiger partial charge in [-0.25, -0.2) is 0 Å². The Labute approximate surface area is 176 Å². The lowest BCUT2D eigenvalue weighted by Gasteiger charge is -2.39. The van der Waals surface area contributed by atoms with Gasteiger partial charge >= 0.3 is 0 Å². The molecule has 3 atom stereocenters. The number of rotatable bonds is 2. The van der Waals surface area contributed by atoms with Crippen LogP contribution in [0.4, 0.5) is 5.69 Å². The van der Waals surface area contributed by atoms with Gasteiger partial charge < -0.3 is 30.9 Å². The Morgan fingerprint density at radius 2 is 1.63 bits per heavy atom. The lowest BCUT2D eigenvalue weighted by atomic mass is 9.83. The van der Waals surface area contributed by atoms with Gasteiger partial charge in [-0.2, -0.15) is 0 Å². The maximum Gasteiger partial charge on any atom is 0.300 e. The zero-order chi connectivity index (χ0) is 22.7. The van der Waals surface area contributed by atoms with E-state index in [1.807, 2.05) is 23.2 Å². The smallest absolute Gasteiger partial charge is 0.300 e. The number of carboxylic acid groups (broad SMARTS) is 2. The molecule has 168 valence electrons. The molecular formula is C20H32N4O6. The zero-order valence-corrected chi connectivity index (χ0v) is 17.5. The Morgan fingerprint density at radius 1 is 1.07 bits per heavy atom. The van der Waals surface area contributed by atoms with Crippen LogP contribution < -0.4 is 10.6 Å². The number of nitrogens with two attached hydrogens (primary N) is 1. The van der Waals surface area contributed by atoms with E-state index in [-0.39, 0.29) is 17.9 Å². The van der Waals surface area contributed by atoms with Gasteiger partial charge in [0.25, 0.3) is 11.9 Å². The normalized spacial score (nSPS) is 23.3. The van der Waals surface area contributed by atoms with Crippen molar-refractivity contribution in [3.05, 3.63) is 24.5 Å². The number of anilines is 1. The predicted octanol–water partition coefficient (Wildman–Crippen LogP) is 0.400. The van der Waals surface area contributed by atoms with Gasteiger partial charge in [0.15, 0.2) is 0 Å². The third kappa shape index (κ3) is 9.19. The molecule has 1 aromatic rings. The number of carbonyl (C=O) groups is 3. The number of hydrogen-bond acceptors (Lipinski definition) is 7. The molecule has 2 fully saturated rings. The summed E-state index contributed by atoms with van der Waals surface area (Å²) in [5.74, 6) is -1.49. The summed E-state index contributed by atoms with van der Waals surface area (Å²) in [6.07, 6.45) is 5.15. The van der Waals surface area contributed by atoms with Crippen LogP contribution in [0.2, 0.25) is 0 Å². The van der Waals surface area contributed by atoms with Gasteiger partial charge in [-0.05, 0) is 31.4 Å². The fourth-order valence-corrected chi connectivity index (χ4v) is 3.40. The summed E-state index contributed by atoms with van der Waals surface area (Å²) in [5.41, 5.74) is 7.01. The second-order valence-electron chi connectivity index (χ2n) is 7.30. The summed E-state index contributed by atoms with van der Waals surface area (Å²) >= 11 is 0. The van der Waals surface area contributed by atoms with E-state index in [2.05, 4.69) is 9.88 Å². The molecular weight excluding hydrogens is 392 g/mol. The SMILES string of the molecule is CC(=O)O.CC(=O)O.N[C@@H]1C[C@@H](C(=O)N2CCN(c3cccnc3)CC2)CC[C@H]1O. The van der Waals surface area contributed by atoms with Crippen molar-refractivity contribution in [2.24, 2.45) is 11.7 Å². The molecule has 0 unspecified atom stereocenters. The number of nitrogens with zero attached hydrogens (tertiary/aromatic N) is 3. The molecule has 1 aromatic heterocycles. The van der Waals surface area contributed by atoms with Crippen molar-refractivity contribution >= 4 is 23.5 Å². The molecule has 2 heterocycles. The van der Waals surface area contributed by atoms with Gasteiger partial charge in [0, 0.05) is 58.2 Å². The fraction of sp³-hybridized carbons (Fsp3) is 0.600. The van der Waals surface area contributed by atoms with Crippen molar-refractivity contribution in [2.75, 3.05) is 31.1 Å². The Hall–Kier alpha value is -2.72. The molecule has 0 radical (unpaired) electrons. The maximum absolute atomic E-state index is 12.6. The van der Waals surface area contributed by atoms with Gasteiger partial charge in [-0.1, -0.05) is 0 Å².